The van der Waals surface area contributed by atoms with E-state index in [4.69, 9.17) is 24.6 Å². The van der Waals surface area contributed by atoms with E-state index in [1.807, 2.05) is 18.2 Å². The molecule has 0 amide bonds. The number of carbonyl (C=O) groups is 1. The molecule has 9 heteroatoms. The standard InChI is InChI=1S/C18H21N3O.C2HF3O2/c1-13-15-10-22-12-18(8-9-21(2)11-18)16(15)20-17(19-13)14-6-4-3-5-7-14;3-2(4,5)1(6)7/h3-7H,8-12H2,1-2H3;(H,6,7). The number of aryl methyl sites for hydroxylation is 1. The third-order valence-electron chi connectivity index (χ3n) is 5.16. The van der Waals surface area contributed by atoms with E-state index in [1.54, 1.807) is 0 Å². The van der Waals surface area contributed by atoms with Crippen LogP contribution in [0.4, 0.5) is 13.2 Å². The number of rotatable bonds is 1. The quantitative estimate of drug-likeness (QED) is 0.780. The molecule has 156 valence electrons. The van der Waals surface area contributed by atoms with Crippen LogP contribution in [0.3, 0.4) is 0 Å². The highest BCUT2D eigenvalue weighted by Gasteiger charge is 2.44. The molecule has 1 aromatic heterocycles. The first kappa shape index (κ1) is 21.2. The first-order valence-corrected chi connectivity index (χ1v) is 9.12. The average molecular weight is 409 g/mol. The van der Waals surface area contributed by atoms with Crippen LogP contribution in [0.15, 0.2) is 30.3 Å². The second-order valence-corrected chi connectivity index (χ2v) is 7.39. The zero-order valence-electron chi connectivity index (χ0n) is 16.2. The predicted octanol–water partition coefficient (Wildman–Crippen LogP) is 3.19. The monoisotopic (exact) mass is 409 g/mol. The Balaban J connectivity index is 0.000000298. The molecule has 0 bridgehead atoms. The van der Waals surface area contributed by atoms with E-state index < -0.39 is 12.1 Å². The van der Waals surface area contributed by atoms with Gasteiger partial charge in [-0.15, -0.1) is 0 Å². The van der Waals surface area contributed by atoms with Gasteiger partial charge in [0.25, 0.3) is 0 Å². The molecule has 2 aliphatic heterocycles. The fraction of sp³-hybridized carbons (Fsp3) is 0.450. The maximum atomic E-state index is 10.6. The Kier molecular flexibility index (Phi) is 5.90. The van der Waals surface area contributed by atoms with Gasteiger partial charge in [0.1, 0.15) is 0 Å². The summed E-state index contributed by atoms with van der Waals surface area (Å²) in [7, 11) is 2.18. The summed E-state index contributed by atoms with van der Waals surface area (Å²) in [5, 5.41) is 7.12. The van der Waals surface area contributed by atoms with Crippen LogP contribution in [0.2, 0.25) is 0 Å². The van der Waals surface area contributed by atoms with Crippen molar-refractivity contribution in [1.82, 2.24) is 14.9 Å². The van der Waals surface area contributed by atoms with Gasteiger partial charge in [-0.2, -0.15) is 13.2 Å². The Morgan fingerprint density at radius 2 is 1.90 bits per heavy atom. The number of fused-ring (bicyclic) bond motifs is 2. The molecule has 1 atom stereocenters. The lowest BCUT2D eigenvalue weighted by atomic mass is 9.80. The number of likely N-dealkylation sites (N-methyl/N-ethyl adjacent to an activating group) is 1. The minimum Gasteiger partial charge on any atom is -0.475 e. The summed E-state index contributed by atoms with van der Waals surface area (Å²) in [6.45, 7) is 5.61. The van der Waals surface area contributed by atoms with Crippen LogP contribution < -0.4 is 0 Å². The molecule has 1 saturated heterocycles. The van der Waals surface area contributed by atoms with Crippen molar-refractivity contribution >= 4 is 5.97 Å². The fourth-order valence-electron chi connectivity index (χ4n) is 3.73. The number of aliphatic carboxylic acids is 1. The van der Waals surface area contributed by atoms with Gasteiger partial charge in [-0.3, -0.25) is 0 Å². The van der Waals surface area contributed by atoms with Crippen molar-refractivity contribution in [3.63, 3.8) is 0 Å². The molecule has 3 heterocycles. The number of carboxylic acids is 1. The summed E-state index contributed by atoms with van der Waals surface area (Å²) in [5.41, 5.74) is 4.59. The van der Waals surface area contributed by atoms with Crippen LogP contribution in [0.5, 0.6) is 0 Å². The summed E-state index contributed by atoms with van der Waals surface area (Å²) in [5.74, 6) is -1.92. The fourth-order valence-corrected chi connectivity index (χ4v) is 3.73. The van der Waals surface area contributed by atoms with Gasteiger partial charge in [0.15, 0.2) is 5.82 Å². The van der Waals surface area contributed by atoms with Gasteiger partial charge in [0.2, 0.25) is 0 Å². The van der Waals surface area contributed by atoms with Crippen molar-refractivity contribution in [2.24, 2.45) is 0 Å². The molecule has 6 nitrogen and oxygen atoms in total. The van der Waals surface area contributed by atoms with Gasteiger partial charge in [-0.05, 0) is 26.9 Å². The number of benzene rings is 1. The van der Waals surface area contributed by atoms with E-state index in [0.29, 0.717) is 6.61 Å². The Morgan fingerprint density at radius 3 is 2.45 bits per heavy atom. The summed E-state index contributed by atoms with van der Waals surface area (Å²) in [4.78, 5) is 21.0. The molecule has 1 fully saturated rings. The molecule has 4 rings (SSSR count). The van der Waals surface area contributed by atoms with Crippen molar-refractivity contribution in [2.75, 3.05) is 26.7 Å². The summed E-state index contributed by atoms with van der Waals surface area (Å²) < 4.78 is 37.6. The number of aromatic nitrogens is 2. The van der Waals surface area contributed by atoms with E-state index in [2.05, 4.69) is 31.0 Å². The average Bonchev–Trinajstić information content (AvgIpc) is 3.04. The highest BCUT2D eigenvalue weighted by atomic mass is 19.4. The normalized spacial score (nSPS) is 21.4. The first-order chi connectivity index (χ1) is 13.6. The van der Waals surface area contributed by atoms with E-state index in [-0.39, 0.29) is 5.41 Å². The second kappa shape index (κ2) is 8.08. The molecular formula is C20H22F3N3O3. The van der Waals surface area contributed by atoms with Gasteiger partial charge in [0.05, 0.1) is 24.3 Å². The lowest BCUT2D eigenvalue weighted by Gasteiger charge is -2.35. The van der Waals surface area contributed by atoms with Gasteiger partial charge in [-0.1, -0.05) is 30.3 Å². The molecule has 2 aliphatic rings. The molecule has 29 heavy (non-hydrogen) atoms. The number of alkyl halides is 3. The van der Waals surface area contributed by atoms with E-state index in [0.717, 1.165) is 43.2 Å². The smallest absolute Gasteiger partial charge is 0.475 e. The largest absolute Gasteiger partial charge is 0.490 e. The Labute approximate surface area is 166 Å². The van der Waals surface area contributed by atoms with Crippen LogP contribution >= 0.6 is 0 Å². The van der Waals surface area contributed by atoms with E-state index in [9.17, 15) is 13.2 Å². The molecule has 1 aromatic carbocycles. The second-order valence-electron chi connectivity index (χ2n) is 7.39. The SMILES string of the molecule is Cc1nc(-c2ccccc2)nc2c1COCC21CCN(C)C1.O=C(O)C(F)(F)F. The van der Waals surface area contributed by atoms with E-state index >= 15 is 0 Å². The summed E-state index contributed by atoms with van der Waals surface area (Å²) in [6, 6.07) is 10.3. The number of nitrogens with zero attached hydrogens (tertiary/aromatic N) is 3. The van der Waals surface area contributed by atoms with Crippen molar-refractivity contribution in [3.05, 3.63) is 47.3 Å². The minimum atomic E-state index is -5.08. The lowest BCUT2D eigenvalue weighted by molar-refractivity contribution is -0.192. The van der Waals surface area contributed by atoms with Crippen LogP contribution in [0.25, 0.3) is 11.4 Å². The third-order valence-corrected chi connectivity index (χ3v) is 5.16. The van der Waals surface area contributed by atoms with Crippen molar-refractivity contribution in [1.29, 1.82) is 0 Å². The molecular weight excluding hydrogens is 387 g/mol. The minimum absolute atomic E-state index is 0.0412. The molecule has 2 aromatic rings. The highest BCUT2D eigenvalue weighted by molar-refractivity contribution is 5.73. The van der Waals surface area contributed by atoms with Crippen molar-refractivity contribution in [2.45, 2.75) is 31.5 Å². The molecule has 0 aliphatic carbocycles. The highest BCUT2D eigenvalue weighted by Crippen LogP contribution is 2.40. The number of carboxylic acid groups (broad SMARTS) is 1. The molecule has 1 spiro atoms. The number of halogens is 3. The van der Waals surface area contributed by atoms with Gasteiger partial charge in [0, 0.05) is 23.4 Å². The topological polar surface area (TPSA) is 75.6 Å². The zero-order valence-corrected chi connectivity index (χ0v) is 16.2. The van der Waals surface area contributed by atoms with Gasteiger partial charge >= 0.3 is 12.1 Å². The van der Waals surface area contributed by atoms with Crippen molar-refractivity contribution < 1.29 is 27.8 Å². The number of hydrogen-bond donors (Lipinski definition) is 1. The summed E-state index contributed by atoms with van der Waals surface area (Å²) in [6.07, 6.45) is -3.97. The molecule has 1 unspecified atom stereocenters. The zero-order chi connectivity index (χ0) is 21.2. The van der Waals surface area contributed by atoms with Gasteiger partial charge < -0.3 is 14.7 Å². The van der Waals surface area contributed by atoms with Gasteiger partial charge in [-0.25, -0.2) is 14.8 Å². The lowest BCUT2D eigenvalue weighted by Crippen LogP contribution is -2.40. The molecule has 0 saturated carbocycles. The van der Waals surface area contributed by atoms with Crippen LogP contribution in [-0.2, 0) is 21.6 Å². The maximum Gasteiger partial charge on any atom is 0.490 e. The predicted molar refractivity (Wildman–Crippen MR) is 99.3 cm³/mol. The van der Waals surface area contributed by atoms with Crippen LogP contribution in [-0.4, -0.2) is 58.9 Å². The third kappa shape index (κ3) is 4.56. The van der Waals surface area contributed by atoms with Crippen LogP contribution in [0, 0.1) is 6.92 Å². The molecule has 0 radical (unpaired) electrons. The summed E-state index contributed by atoms with van der Waals surface area (Å²) >= 11 is 0. The first-order valence-electron chi connectivity index (χ1n) is 9.12. The molecule has 1 N–H and O–H groups in total. The van der Waals surface area contributed by atoms with Crippen molar-refractivity contribution in [3.8, 4) is 11.4 Å². The van der Waals surface area contributed by atoms with Crippen LogP contribution in [0.1, 0.15) is 23.4 Å². The number of likely N-dealkylation sites (tertiary alicyclic amines) is 1. The van der Waals surface area contributed by atoms with E-state index in [1.165, 1.54) is 11.3 Å². The Bertz CT molecular complexity index is 890. The Morgan fingerprint density at radius 1 is 1.24 bits per heavy atom. The number of ether oxygens (including phenoxy) is 1. The Hall–Kier alpha value is -2.52. The maximum absolute atomic E-state index is 10.6. The number of hydrogen-bond acceptors (Lipinski definition) is 5.